The van der Waals surface area contributed by atoms with Gasteiger partial charge in [-0.2, -0.15) is 0 Å². The summed E-state index contributed by atoms with van der Waals surface area (Å²) in [7, 11) is 0. The Morgan fingerprint density at radius 3 is 3.00 bits per heavy atom. The summed E-state index contributed by atoms with van der Waals surface area (Å²) in [6, 6.07) is -0.916. The predicted molar refractivity (Wildman–Crippen MR) is 74.3 cm³/mol. The number of hydrogen-bond acceptors (Lipinski definition) is 9. The van der Waals surface area contributed by atoms with Crippen molar-refractivity contribution in [2.45, 2.75) is 31.4 Å². The van der Waals surface area contributed by atoms with Gasteiger partial charge in [-0.15, -0.1) is 0 Å². The van der Waals surface area contributed by atoms with Crippen LogP contribution >= 0.6 is 0 Å². The lowest BCUT2D eigenvalue weighted by Gasteiger charge is -2.16. The summed E-state index contributed by atoms with van der Waals surface area (Å²) in [5.41, 5.74) is 12.3. The van der Waals surface area contributed by atoms with Gasteiger partial charge in [0, 0.05) is 0 Å². The average Bonchev–Trinajstić information content (AvgIpc) is 3.03. The lowest BCUT2D eigenvalue weighted by atomic mass is 10.1. The molecule has 0 radical (unpaired) electrons. The molecule has 0 aromatic carbocycles. The Bertz CT molecular complexity index is 704. The molecular formula is C12H16N6O4. The Balaban J connectivity index is 1.94. The molecule has 0 spiro atoms. The van der Waals surface area contributed by atoms with Crippen molar-refractivity contribution in [1.29, 1.82) is 0 Å². The average molecular weight is 308 g/mol. The molecule has 3 rings (SSSR count). The smallest absolute Gasteiger partial charge is 0.337 e. The SMILES string of the molecule is CCOC(=O)[C@H]1O[C@@H](n2cnc3c(N)ncnc32)[C@H](O)[C@@H]1N. The molecule has 0 aliphatic carbocycles. The van der Waals surface area contributed by atoms with Crippen LogP contribution in [-0.2, 0) is 14.3 Å². The van der Waals surface area contributed by atoms with E-state index in [2.05, 4.69) is 15.0 Å². The van der Waals surface area contributed by atoms with E-state index in [4.69, 9.17) is 20.9 Å². The number of hydrogen-bond donors (Lipinski definition) is 3. The lowest BCUT2D eigenvalue weighted by molar-refractivity contribution is -0.158. The Labute approximate surface area is 125 Å². The first-order valence-corrected chi connectivity index (χ1v) is 6.73. The third-order valence-corrected chi connectivity index (χ3v) is 3.50. The maximum absolute atomic E-state index is 11.8. The van der Waals surface area contributed by atoms with E-state index in [1.165, 1.54) is 17.2 Å². The summed E-state index contributed by atoms with van der Waals surface area (Å²) in [4.78, 5) is 23.8. The normalized spacial score (nSPS) is 28.1. The minimum Gasteiger partial charge on any atom is -0.464 e. The first-order valence-electron chi connectivity index (χ1n) is 6.73. The van der Waals surface area contributed by atoms with Gasteiger partial charge in [0.05, 0.1) is 19.0 Å². The Morgan fingerprint density at radius 1 is 1.50 bits per heavy atom. The number of esters is 1. The number of aliphatic hydroxyl groups is 1. The van der Waals surface area contributed by atoms with Crippen molar-refractivity contribution in [2.75, 3.05) is 12.3 Å². The van der Waals surface area contributed by atoms with Crippen LogP contribution in [0.15, 0.2) is 12.7 Å². The fourth-order valence-corrected chi connectivity index (χ4v) is 2.41. The molecule has 1 aliphatic rings. The molecule has 22 heavy (non-hydrogen) atoms. The van der Waals surface area contributed by atoms with Crippen molar-refractivity contribution in [3.05, 3.63) is 12.7 Å². The number of carbonyl (C=O) groups excluding carboxylic acids is 1. The molecule has 2 aromatic rings. The van der Waals surface area contributed by atoms with Crippen molar-refractivity contribution in [3.8, 4) is 0 Å². The first-order chi connectivity index (χ1) is 10.5. The third-order valence-electron chi connectivity index (χ3n) is 3.50. The maximum atomic E-state index is 11.8. The Hall–Kier alpha value is -2.30. The monoisotopic (exact) mass is 308 g/mol. The van der Waals surface area contributed by atoms with E-state index in [0.717, 1.165) is 0 Å². The number of aliphatic hydroxyl groups excluding tert-OH is 1. The second-order valence-corrected chi connectivity index (χ2v) is 4.85. The minimum atomic E-state index is -1.12. The van der Waals surface area contributed by atoms with Crippen LogP contribution in [-0.4, -0.2) is 55.5 Å². The second kappa shape index (κ2) is 5.48. The Kier molecular flexibility index (Phi) is 3.64. The topological polar surface area (TPSA) is 151 Å². The van der Waals surface area contributed by atoms with E-state index in [1.807, 2.05) is 0 Å². The minimum absolute atomic E-state index is 0.198. The molecule has 10 nitrogen and oxygen atoms in total. The first kappa shape index (κ1) is 14.6. The van der Waals surface area contributed by atoms with Gasteiger partial charge in [-0.3, -0.25) is 4.57 Å². The van der Waals surface area contributed by atoms with E-state index >= 15 is 0 Å². The molecule has 0 bridgehead atoms. The van der Waals surface area contributed by atoms with Crippen LogP contribution in [0, 0.1) is 0 Å². The van der Waals surface area contributed by atoms with Crippen LogP contribution in [0.25, 0.3) is 11.2 Å². The molecule has 10 heteroatoms. The van der Waals surface area contributed by atoms with Gasteiger partial charge < -0.3 is 26.0 Å². The van der Waals surface area contributed by atoms with Crippen molar-refractivity contribution in [2.24, 2.45) is 5.73 Å². The zero-order valence-corrected chi connectivity index (χ0v) is 11.8. The van der Waals surface area contributed by atoms with Crippen LogP contribution in [0.1, 0.15) is 13.2 Å². The van der Waals surface area contributed by atoms with Gasteiger partial charge in [0.1, 0.15) is 17.9 Å². The summed E-state index contributed by atoms with van der Waals surface area (Å²) in [6.45, 7) is 1.87. The number of imidazole rings is 1. The molecule has 3 heterocycles. The zero-order valence-electron chi connectivity index (χ0n) is 11.8. The fourth-order valence-electron chi connectivity index (χ4n) is 2.41. The van der Waals surface area contributed by atoms with Gasteiger partial charge in [0.25, 0.3) is 0 Å². The zero-order chi connectivity index (χ0) is 15.9. The molecule has 118 valence electrons. The van der Waals surface area contributed by atoms with E-state index in [-0.39, 0.29) is 12.4 Å². The molecule has 4 atom stereocenters. The number of nitrogen functional groups attached to an aromatic ring is 1. The summed E-state index contributed by atoms with van der Waals surface area (Å²) in [5, 5.41) is 10.3. The third kappa shape index (κ3) is 2.17. The van der Waals surface area contributed by atoms with E-state index in [0.29, 0.717) is 11.2 Å². The van der Waals surface area contributed by atoms with Crippen LogP contribution < -0.4 is 11.5 Å². The number of carbonyl (C=O) groups is 1. The van der Waals surface area contributed by atoms with Crippen LogP contribution in [0.5, 0.6) is 0 Å². The maximum Gasteiger partial charge on any atom is 0.337 e. The number of rotatable bonds is 3. The van der Waals surface area contributed by atoms with Crippen molar-refractivity contribution in [1.82, 2.24) is 19.5 Å². The quantitative estimate of drug-likeness (QED) is 0.578. The number of nitrogens with two attached hydrogens (primary N) is 2. The van der Waals surface area contributed by atoms with Gasteiger partial charge in [-0.1, -0.05) is 0 Å². The highest BCUT2D eigenvalue weighted by Crippen LogP contribution is 2.31. The molecule has 2 aromatic heterocycles. The number of fused-ring (bicyclic) bond motifs is 1. The van der Waals surface area contributed by atoms with Crippen molar-refractivity contribution >= 4 is 23.0 Å². The van der Waals surface area contributed by atoms with E-state index in [9.17, 15) is 9.90 Å². The summed E-state index contributed by atoms with van der Waals surface area (Å²) < 4.78 is 11.9. The predicted octanol–water partition coefficient (Wildman–Crippen LogP) is -1.44. The molecule has 5 N–H and O–H groups in total. The standard InChI is InChI=1S/C12H16N6O4/c1-2-21-12(20)8-5(13)7(19)11(22-8)18-4-17-6-9(14)15-3-16-10(6)18/h3-5,7-8,11,19H,2,13H2,1H3,(H2,14,15,16)/t5-,7+,8-,11+/m0/s1. The molecule has 0 amide bonds. The molecule has 1 fully saturated rings. The van der Waals surface area contributed by atoms with E-state index < -0.39 is 30.4 Å². The highest BCUT2D eigenvalue weighted by molar-refractivity contribution is 5.81. The van der Waals surface area contributed by atoms with Crippen LogP contribution in [0.2, 0.25) is 0 Å². The van der Waals surface area contributed by atoms with E-state index in [1.54, 1.807) is 6.92 Å². The lowest BCUT2D eigenvalue weighted by Crippen LogP contribution is -2.44. The van der Waals surface area contributed by atoms with Crippen LogP contribution in [0.3, 0.4) is 0 Å². The largest absolute Gasteiger partial charge is 0.464 e. The molecule has 0 saturated carbocycles. The van der Waals surface area contributed by atoms with Gasteiger partial charge in [-0.25, -0.2) is 19.7 Å². The molecule has 0 unspecified atom stereocenters. The summed E-state index contributed by atoms with van der Waals surface area (Å²) in [6.07, 6.45) is -0.410. The fraction of sp³-hybridized carbons (Fsp3) is 0.500. The number of ether oxygens (including phenoxy) is 2. The Morgan fingerprint density at radius 2 is 2.27 bits per heavy atom. The molecule has 1 aliphatic heterocycles. The van der Waals surface area contributed by atoms with Gasteiger partial charge in [-0.05, 0) is 6.92 Å². The van der Waals surface area contributed by atoms with Gasteiger partial charge in [0.2, 0.25) is 0 Å². The van der Waals surface area contributed by atoms with Crippen molar-refractivity contribution < 1.29 is 19.4 Å². The summed E-state index contributed by atoms with van der Waals surface area (Å²) >= 11 is 0. The molecule has 1 saturated heterocycles. The van der Waals surface area contributed by atoms with Gasteiger partial charge in [0.15, 0.2) is 23.8 Å². The molecular weight excluding hydrogens is 292 g/mol. The number of aromatic nitrogens is 4. The number of anilines is 1. The highest BCUT2D eigenvalue weighted by Gasteiger charge is 2.47. The highest BCUT2D eigenvalue weighted by atomic mass is 16.6. The number of nitrogens with zero attached hydrogens (tertiary/aromatic N) is 4. The summed E-state index contributed by atoms with van der Waals surface area (Å²) in [5.74, 6) is -0.405. The van der Waals surface area contributed by atoms with Gasteiger partial charge >= 0.3 is 5.97 Å². The van der Waals surface area contributed by atoms with Crippen LogP contribution in [0.4, 0.5) is 5.82 Å². The second-order valence-electron chi connectivity index (χ2n) is 4.85. The van der Waals surface area contributed by atoms with Crippen molar-refractivity contribution in [3.63, 3.8) is 0 Å².